The monoisotopic (exact) mass is 518 g/mol. The molecule has 2 nitrogen and oxygen atoms in total. The van der Waals surface area contributed by atoms with Crippen molar-refractivity contribution >= 4 is 22.8 Å². The summed E-state index contributed by atoms with van der Waals surface area (Å²) in [7, 11) is 0. The Morgan fingerprint density at radius 1 is 0.657 bits per heavy atom. The van der Waals surface area contributed by atoms with Crippen molar-refractivity contribution in [1.29, 1.82) is 0 Å². The molecule has 0 aliphatic rings. The number of aliphatic imine (C=N–C) groups is 1. The van der Waals surface area contributed by atoms with E-state index in [1.54, 1.807) is 0 Å². The maximum absolute atomic E-state index is 5.75. The molecule has 0 aliphatic carbocycles. The second-order valence-corrected chi connectivity index (χ2v) is 9.93. The molecule has 0 amide bonds. The van der Waals surface area contributed by atoms with Gasteiger partial charge in [0.1, 0.15) is 0 Å². The Kier molecular flexibility index (Phi) is 13.6. The molecule has 0 radical (unpaired) electrons. The van der Waals surface area contributed by atoms with Gasteiger partial charge in [0.15, 0.2) is 0 Å². The summed E-state index contributed by atoms with van der Waals surface area (Å²) in [5, 5.41) is 0. The van der Waals surface area contributed by atoms with Gasteiger partial charge in [-0.25, -0.2) is 0 Å². The van der Waals surface area contributed by atoms with Crippen LogP contribution in [-0.2, 0) is 41.4 Å². The third kappa shape index (κ3) is 8.71. The fraction of sp³-hybridized carbons (Fsp3) is 0.562. The summed E-state index contributed by atoms with van der Waals surface area (Å²) in [6, 6.07) is 13.6. The van der Waals surface area contributed by atoms with Gasteiger partial charge in [-0.05, 0) is 0 Å². The molecule has 0 aromatic heterocycles. The molecular formula is C32H48N2Ni+. The second kappa shape index (κ2) is 16.1. The first-order chi connectivity index (χ1) is 17.0. The summed E-state index contributed by atoms with van der Waals surface area (Å²) in [6.07, 6.45) is 13.4. The zero-order valence-electron chi connectivity index (χ0n) is 23.2. The van der Waals surface area contributed by atoms with E-state index >= 15 is 0 Å². The normalized spacial score (nSPS) is 12.7. The first-order valence-corrected chi connectivity index (χ1v) is 14.6. The Morgan fingerprint density at radius 2 is 1.20 bits per heavy atom. The number of rotatable bonds is 15. The molecule has 2 aromatic carbocycles. The molecule has 0 saturated carbocycles. The molecule has 2 rings (SSSR count). The number of nitrogens with zero attached hydrogens (tertiary/aromatic N) is 2. The van der Waals surface area contributed by atoms with Crippen LogP contribution >= 0.6 is 0 Å². The summed E-state index contributed by atoms with van der Waals surface area (Å²) < 4.78 is 2.07. The van der Waals surface area contributed by atoms with Gasteiger partial charge in [-0.3, -0.25) is 0 Å². The van der Waals surface area contributed by atoms with Crippen molar-refractivity contribution in [2.45, 2.75) is 119 Å². The van der Waals surface area contributed by atoms with Crippen LogP contribution in [0.5, 0.6) is 0 Å². The summed E-state index contributed by atoms with van der Waals surface area (Å²) >= 11 is 5.75. The Hall–Kier alpha value is -1.73. The Bertz CT molecular complexity index is 987. The van der Waals surface area contributed by atoms with E-state index in [1.807, 2.05) is 0 Å². The van der Waals surface area contributed by atoms with Gasteiger partial charge in [-0.1, -0.05) is 0 Å². The van der Waals surface area contributed by atoms with Crippen LogP contribution in [0.4, 0.5) is 11.4 Å². The van der Waals surface area contributed by atoms with Crippen molar-refractivity contribution < 1.29 is 19.3 Å². The molecular weight excluding hydrogens is 471 g/mol. The standard InChI is InChI=1S/C32H48N2.Ni/c1-7-13-15-17-31(33-29-21-19-25(9-3)27(11-5)23-29)32(18-16-14-8-2)34-30-22-20-26(10-4)28(12-6)24-30;/h19-24H,7-18H2,1-6H3;/q;+1. The minimum atomic E-state index is 0.986. The molecule has 0 N–H and O–H groups in total. The predicted octanol–water partition coefficient (Wildman–Crippen LogP) is 9.42. The van der Waals surface area contributed by atoms with Crippen molar-refractivity contribution in [3.05, 3.63) is 58.7 Å². The van der Waals surface area contributed by atoms with Gasteiger partial charge in [0.2, 0.25) is 0 Å². The van der Waals surface area contributed by atoms with Crippen LogP contribution in [0.15, 0.2) is 41.4 Å². The van der Waals surface area contributed by atoms with Gasteiger partial charge >= 0.3 is 224 Å². The summed E-state index contributed by atoms with van der Waals surface area (Å²) in [5.41, 5.74) is 10.3. The molecule has 0 spiro atoms. The minimum absolute atomic E-state index is 0.986. The van der Waals surface area contributed by atoms with Crippen molar-refractivity contribution in [2.75, 3.05) is 0 Å². The molecule has 0 unspecified atom stereocenters. The fourth-order valence-corrected chi connectivity index (χ4v) is 5.13. The van der Waals surface area contributed by atoms with Crippen LogP contribution in [0.25, 0.3) is 0 Å². The summed E-state index contributed by atoms with van der Waals surface area (Å²) in [5.74, 6) is 0. The predicted molar refractivity (Wildman–Crippen MR) is 151 cm³/mol. The summed E-state index contributed by atoms with van der Waals surface area (Å²) in [6.45, 7) is 13.5. The number of hydrogen-bond donors (Lipinski definition) is 0. The van der Waals surface area contributed by atoms with E-state index in [4.69, 9.17) is 20.7 Å². The summed E-state index contributed by atoms with van der Waals surface area (Å²) in [4.78, 5) is 5.29. The molecule has 2 aromatic rings. The van der Waals surface area contributed by atoms with E-state index in [0.29, 0.717) is 0 Å². The van der Waals surface area contributed by atoms with Crippen LogP contribution in [0.2, 0.25) is 0 Å². The third-order valence-corrected chi connectivity index (χ3v) is 7.49. The van der Waals surface area contributed by atoms with Gasteiger partial charge < -0.3 is 0 Å². The molecule has 35 heavy (non-hydrogen) atoms. The van der Waals surface area contributed by atoms with Gasteiger partial charge in [0, 0.05) is 0 Å². The van der Waals surface area contributed by atoms with Crippen LogP contribution in [0.3, 0.4) is 0 Å². The van der Waals surface area contributed by atoms with Crippen molar-refractivity contribution in [1.82, 2.24) is 0 Å². The number of benzene rings is 2. The van der Waals surface area contributed by atoms with Crippen LogP contribution in [0, 0.1) is 0 Å². The van der Waals surface area contributed by atoms with E-state index < -0.39 is 0 Å². The molecule has 0 bridgehead atoms. The van der Waals surface area contributed by atoms with Crippen LogP contribution < -0.4 is 0 Å². The third-order valence-electron chi connectivity index (χ3n) is 6.97. The molecule has 0 atom stereocenters. The van der Waals surface area contributed by atoms with Crippen molar-refractivity contribution in [3.8, 4) is 0 Å². The number of hydrogen-bond acceptors (Lipinski definition) is 1. The van der Waals surface area contributed by atoms with E-state index in [0.717, 1.165) is 62.7 Å². The van der Waals surface area contributed by atoms with E-state index in [9.17, 15) is 0 Å². The SMILES string of the molecule is CCCCCC(=Nc1ccc(CC)c(CC)c1)C(CCCCC)=[N+]([Ni])c1ccc(CC)c(CC)c1. The fourth-order valence-electron chi connectivity index (χ4n) is 4.76. The van der Waals surface area contributed by atoms with Gasteiger partial charge in [-0.15, -0.1) is 0 Å². The van der Waals surface area contributed by atoms with Gasteiger partial charge in [-0.2, -0.15) is 0 Å². The Balaban J connectivity index is 2.63. The maximum atomic E-state index is 5.75. The van der Waals surface area contributed by atoms with Crippen LogP contribution in [-0.4, -0.2) is 15.1 Å². The zero-order valence-corrected chi connectivity index (χ0v) is 24.1. The Labute approximate surface area is 223 Å². The molecule has 0 heterocycles. The van der Waals surface area contributed by atoms with E-state index in [1.165, 1.54) is 59.4 Å². The van der Waals surface area contributed by atoms with Crippen LogP contribution in [0.1, 0.15) is 115 Å². The van der Waals surface area contributed by atoms with E-state index in [-0.39, 0.29) is 0 Å². The quantitative estimate of drug-likeness (QED) is 0.127. The topological polar surface area (TPSA) is 15.4 Å². The van der Waals surface area contributed by atoms with Crippen molar-refractivity contribution in [3.63, 3.8) is 0 Å². The molecule has 195 valence electrons. The molecule has 3 heteroatoms. The number of aryl methyl sites for hydroxylation is 4. The first kappa shape index (κ1) is 29.5. The van der Waals surface area contributed by atoms with Crippen molar-refractivity contribution in [2.24, 2.45) is 4.99 Å². The van der Waals surface area contributed by atoms with E-state index in [2.05, 4.69) is 81.6 Å². The average Bonchev–Trinajstić information content (AvgIpc) is 2.89. The van der Waals surface area contributed by atoms with Gasteiger partial charge in [0.05, 0.1) is 0 Å². The molecule has 0 aliphatic heterocycles. The number of unbranched alkanes of at least 4 members (excludes halogenated alkanes) is 4. The zero-order chi connectivity index (χ0) is 25.6. The molecule has 0 fully saturated rings. The second-order valence-electron chi connectivity index (χ2n) is 9.49. The first-order valence-electron chi connectivity index (χ1n) is 14.1. The van der Waals surface area contributed by atoms with Gasteiger partial charge in [0.25, 0.3) is 0 Å². The average molecular weight is 519 g/mol. The molecule has 0 saturated heterocycles. The Morgan fingerprint density at radius 3 is 1.77 bits per heavy atom.